The summed E-state index contributed by atoms with van der Waals surface area (Å²) in [6, 6.07) is 16.6. The standard InChI is InChI=1S/C22H26N2O2S/c1-4-26-20-12-10-19(11-13-20)23-22-24(14-5-15-25-3)21(16-27-22)18-8-6-17(2)7-9-18/h6-13,16H,4-5,14-15H2,1-3H3. The second kappa shape index (κ2) is 9.53. The van der Waals surface area contributed by atoms with E-state index in [0.717, 1.165) is 35.8 Å². The Balaban J connectivity index is 1.97. The third-order valence-electron chi connectivity index (χ3n) is 4.25. The molecule has 4 nitrogen and oxygen atoms in total. The normalized spacial score (nSPS) is 11.7. The number of nitrogens with zero attached hydrogens (tertiary/aromatic N) is 2. The summed E-state index contributed by atoms with van der Waals surface area (Å²) >= 11 is 1.67. The Hall–Kier alpha value is -2.37. The summed E-state index contributed by atoms with van der Waals surface area (Å²) in [6.45, 7) is 6.37. The Bertz CT molecular complexity index is 909. The number of aryl methyl sites for hydroxylation is 1. The monoisotopic (exact) mass is 382 g/mol. The van der Waals surface area contributed by atoms with E-state index >= 15 is 0 Å². The minimum Gasteiger partial charge on any atom is -0.494 e. The van der Waals surface area contributed by atoms with Crippen LogP contribution < -0.4 is 9.54 Å². The number of rotatable bonds is 8. The fraction of sp³-hybridized carbons (Fsp3) is 0.318. The number of ether oxygens (including phenoxy) is 2. The van der Waals surface area contributed by atoms with Crippen LogP contribution in [-0.2, 0) is 11.3 Å². The first kappa shape index (κ1) is 19.4. The van der Waals surface area contributed by atoms with E-state index in [4.69, 9.17) is 14.5 Å². The molecule has 0 fully saturated rings. The summed E-state index contributed by atoms with van der Waals surface area (Å²) in [7, 11) is 1.74. The van der Waals surface area contributed by atoms with Crippen LogP contribution in [0.2, 0.25) is 0 Å². The smallest absolute Gasteiger partial charge is 0.190 e. The zero-order valence-electron chi connectivity index (χ0n) is 16.1. The van der Waals surface area contributed by atoms with Gasteiger partial charge in [0.15, 0.2) is 4.80 Å². The van der Waals surface area contributed by atoms with Gasteiger partial charge in [0.2, 0.25) is 0 Å². The van der Waals surface area contributed by atoms with E-state index < -0.39 is 0 Å². The lowest BCUT2D eigenvalue weighted by atomic mass is 10.1. The van der Waals surface area contributed by atoms with Crippen LogP contribution in [0.25, 0.3) is 11.3 Å². The molecule has 3 rings (SSSR count). The lowest BCUT2D eigenvalue weighted by Crippen LogP contribution is -2.17. The van der Waals surface area contributed by atoms with Crippen molar-refractivity contribution in [1.82, 2.24) is 4.57 Å². The van der Waals surface area contributed by atoms with Gasteiger partial charge in [-0.25, -0.2) is 4.99 Å². The van der Waals surface area contributed by atoms with E-state index in [1.54, 1.807) is 18.4 Å². The Labute approximate surface area is 164 Å². The highest BCUT2D eigenvalue weighted by atomic mass is 32.1. The van der Waals surface area contributed by atoms with Crippen molar-refractivity contribution in [3.63, 3.8) is 0 Å². The van der Waals surface area contributed by atoms with Crippen molar-refractivity contribution in [2.75, 3.05) is 20.3 Å². The molecule has 0 saturated carbocycles. The van der Waals surface area contributed by atoms with Crippen molar-refractivity contribution < 1.29 is 9.47 Å². The van der Waals surface area contributed by atoms with Gasteiger partial charge >= 0.3 is 0 Å². The number of thiazole rings is 1. The van der Waals surface area contributed by atoms with E-state index in [-0.39, 0.29) is 0 Å². The molecule has 142 valence electrons. The molecule has 0 bridgehead atoms. The van der Waals surface area contributed by atoms with E-state index in [0.29, 0.717) is 6.61 Å². The fourth-order valence-corrected chi connectivity index (χ4v) is 3.81. The summed E-state index contributed by atoms with van der Waals surface area (Å²) in [5.41, 5.74) is 4.60. The quantitative estimate of drug-likeness (QED) is 0.503. The van der Waals surface area contributed by atoms with Crippen LogP contribution in [0.5, 0.6) is 5.75 Å². The van der Waals surface area contributed by atoms with Gasteiger partial charge in [0.1, 0.15) is 5.75 Å². The number of aromatic nitrogens is 1. The molecule has 1 aromatic heterocycles. The number of hydrogen-bond acceptors (Lipinski definition) is 4. The summed E-state index contributed by atoms with van der Waals surface area (Å²) < 4.78 is 13.0. The molecule has 0 aliphatic heterocycles. The first-order chi connectivity index (χ1) is 13.2. The molecule has 0 amide bonds. The average molecular weight is 383 g/mol. The molecule has 5 heteroatoms. The molecule has 27 heavy (non-hydrogen) atoms. The van der Waals surface area contributed by atoms with Crippen LogP contribution in [0.3, 0.4) is 0 Å². The molecule has 0 N–H and O–H groups in total. The van der Waals surface area contributed by atoms with Crippen molar-refractivity contribution in [1.29, 1.82) is 0 Å². The van der Waals surface area contributed by atoms with Crippen LogP contribution in [-0.4, -0.2) is 24.9 Å². The predicted octanol–water partition coefficient (Wildman–Crippen LogP) is 5.19. The molecular weight excluding hydrogens is 356 g/mol. The van der Waals surface area contributed by atoms with Crippen LogP contribution in [0.1, 0.15) is 18.9 Å². The fourth-order valence-electron chi connectivity index (χ4n) is 2.85. The summed E-state index contributed by atoms with van der Waals surface area (Å²) in [4.78, 5) is 5.86. The highest BCUT2D eigenvalue weighted by molar-refractivity contribution is 7.07. The highest BCUT2D eigenvalue weighted by Crippen LogP contribution is 2.22. The maximum absolute atomic E-state index is 5.51. The number of benzene rings is 2. The zero-order valence-corrected chi connectivity index (χ0v) is 17.0. The molecule has 0 atom stereocenters. The largest absolute Gasteiger partial charge is 0.494 e. The summed E-state index contributed by atoms with van der Waals surface area (Å²) in [5, 5.41) is 2.19. The third-order valence-corrected chi connectivity index (χ3v) is 5.11. The average Bonchev–Trinajstić information content (AvgIpc) is 3.07. The molecular formula is C22H26N2O2S. The summed E-state index contributed by atoms with van der Waals surface area (Å²) in [6.07, 6.45) is 0.947. The van der Waals surface area contributed by atoms with Crippen molar-refractivity contribution in [3.8, 4) is 17.0 Å². The zero-order chi connectivity index (χ0) is 19.1. The third kappa shape index (κ3) is 5.08. The van der Waals surface area contributed by atoms with E-state index in [1.807, 2.05) is 31.2 Å². The molecule has 0 saturated heterocycles. The van der Waals surface area contributed by atoms with Crippen LogP contribution in [0, 0.1) is 6.92 Å². The predicted molar refractivity (Wildman–Crippen MR) is 112 cm³/mol. The topological polar surface area (TPSA) is 35.8 Å². The van der Waals surface area contributed by atoms with Crippen LogP contribution >= 0.6 is 11.3 Å². The number of methoxy groups -OCH3 is 1. The Kier molecular flexibility index (Phi) is 6.85. The minimum absolute atomic E-state index is 0.667. The summed E-state index contributed by atoms with van der Waals surface area (Å²) in [5.74, 6) is 0.871. The number of hydrogen-bond donors (Lipinski definition) is 0. The highest BCUT2D eigenvalue weighted by Gasteiger charge is 2.08. The van der Waals surface area contributed by atoms with Crippen molar-refractivity contribution in [3.05, 3.63) is 64.3 Å². The molecule has 2 aromatic carbocycles. The van der Waals surface area contributed by atoms with E-state index in [1.165, 1.54) is 16.8 Å². The van der Waals surface area contributed by atoms with Gasteiger partial charge in [-0.2, -0.15) is 0 Å². The lowest BCUT2D eigenvalue weighted by molar-refractivity contribution is 0.190. The van der Waals surface area contributed by atoms with Gasteiger partial charge in [0.05, 0.1) is 18.0 Å². The van der Waals surface area contributed by atoms with Crippen molar-refractivity contribution >= 4 is 17.0 Å². The second-order valence-corrected chi connectivity index (χ2v) is 7.14. The Morgan fingerprint density at radius 3 is 2.44 bits per heavy atom. The molecule has 0 aliphatic carbocycles. The first-order valence-electron chi connectivity index (χ1n) is 9.23. The molecule has 0 spiro atoms. The van der Waals surface area contributed by atoms with Gasteiger partial charge < -0.3 is 14.0 Å². The van der Waals surface area contributed by atoms with Gasteiger partial charge in [0, 0.05) is 25.6 Å². The van der Waals surface area contributed by atoms with Gasteiger partial charge in [-0.1, -0.05) is 29.8 Å². The van der Waals surface area contributed by atoms with Crippen LogP contribution in [0.4, 0.5) is 5.69 Å². The maximum Gasteiger partial charge on any atom is 0.190 e. The first-order valence-corrected chi connectivity index (χ1v) is 10.1. The van der Waals surface area contributed by atoms with Crippen molar-refractivity contribution in [2.45, 2.75) is 26.8 Å². The maximum atomic E-state index is 5.51. The molecule has 3 aromatic rings. The lowest BCUT2D eigenvalue weighted by Gasteiger charge is -2.09. The Morgan fingerprint density at radius 1 is 1.04 bits per heavy atom. The SMILES string of the molecule is CCOc1ccc(N=c2scc(-c3ccc(C)cc3)n2CCCOC)cc1. The Morgan fingerprint density at radius 2 is 1.78 bits per heavy atom. The van der Waals surface area contributed by atoms with Gasteiger partial charge in [0.25, 0.3) is 0 Å². The molecule has 0 unspecified atom stereocenters. The van der Waals surface area contributed by atoms with Crippen molar-refractivity contribution in [2.24, 2.45) is 4.99 Å². The molecule has 1 heterocycles. The molecule has 0 aliphatic rings. The second-order valence-electron chi connectivity index (χ2n) is 6.31. The van der Waals surface area contributed by atoms with Crippen LogP contribution in [0.15, 0.2) is 58.9 Å². The minimum atomic E-state index is 0.667. The van der Waals surface area contributed by atoms with Gasteiger partial charge in [-0.3, -0.25) is 0 Å². The van der Waals surface area contributed by atoms with E-state index in [2.05, 4.69) is 41.1 Å². The van der Waals surface area contributed by atoms with E-state index in [9.17, 15) is 0 Å². The van der Waals surface area contributed by atoms with Gasteiger partial charge in [-0.15, -0.1) is 11.3 Å². The van der Waals surface area contributed by atoms with Gasteiger partial charge in [-0.05, 0) is 50.1 Å². The molecule has 0 radical (unpaired) electrons.